The van der Waals surface area contributed by atoms with Crippen molar-refractivity contribution in [3.05, 3.63) is 29.8 Å². The van der Waals surface area contributed by atoms with Gasteiger partial charge in [-0.1, -0.05) is 38.3 Å². The van der Waals surface area contributed by atoms with Crippen LogP contribution < -0.4 is 4.74 Å². The summed E-state index contributed by atoms with van der Waals surface area (Å²) in [5.74, 6) is -0.305. The Kier molecular flexibility index (Phi) is 5.23. The molecule has 0 bridgehead atoms. The molecule has 0 radical (unpaired) electrons. The van der Waals surface area contributed by atoms with Crippen molar-refractivity contribution >= 4 is 0 Å². The van der Waals surface area contributed by atoms with Crippen molar-refractivity contribution in [1.82, 2.24) is 0 Å². The summed E-state index contributed by atoms with van der Waals surface area (Å²) in [6.45, 7) is 3.65. The van der Waals surface area contributed by atoms with Gasteiger partial charge >= 0.3 is 6.36 Å². The Morgan fingerprint density at radius 1 is 1.21 bits per heavy atom. The van der Waals surface area contributed by atoms with Crippen LogP contribution in [-0.2, 0) is 5.60 Å². The summed E-state index contributed by atoms with van der Waals surface area (Å²) in [7, 11) is 0. The summed E-state index contributed by atoms with van der Waals surface area (Å²) >= 11 is 0. The second-order valence-corrected chi connectivity index (χ2v) is 4.81. The first-order valence-corrected chi connectivity index (χ1v) is 6.33. The van der Waals surface area contributed by atoms with E-state index >= 15 is 0 Å². The highest BCUT2D eigenvalue weighted by Gasteiger charge is 2.32. The molecule has 2 nitrogen and oxygen atoms in total. The van der Waals surface area contributed by atoms with Crippen LogP contribution in [0.3, 0.4) is 0 Å². The molecule has 1 rings (SSSR count). The zero-order valence-corrected chi connectivity index (χ0v) is 11.1. The minimum absolute atomic E-state index is 0.305. The largest absolute Gasteiger partial charge is 0.573 e. The van der Waals surface area contributed by atoms with Crippen molar-refractivity contribution in [2.75, 3.05) is 0 Å². The number of rotatable bonds is 6. The minimum Gasteiger partial charge on any atom is -0.406 e. The van der Waals surface area contributed by atoms with Crippen molar-refractivity contribution in [3.63, 3.8) is 0 Å². The highest BCUT2D eigenvalue weighted by molar-refractivity contribution is 5.32. The van der Waals surface area contributed by atoms with Crippen molar-refractivity contribution in [1.29, 1.82) is 0 Å². The van der Waals surface area contributed by atoms with Crippen LogP contribution in [-0.4, -0.2) is 11.5 Å². The number of ether oxygens (including phenoxy) is 1. The lowest BCUT2D eigenvalue weighted by Crippen LogP contribution is -2.22. The molecule has 1 unspecified atom stereocenters. The van der Waals surface area contributed by atoms with E-state index in [2.05, 4.69) is 4.74 Å². The molecule has 5 heteroatoms. The van der Waals surface area contributed by atoms with Crippen LogP contribution in [0.15, 0.2) is 24.3 Å². The summed E-state index contributed by atoms with van der Waals surface area (Å²) in [4.78, 5) is 0. The van der Waals surface area contributed by atoms with E-state index in [9.17, 15) is 18.3 Å². The number of alkyl halides is 3. The van der Waals surface area contributed by atoms with Gasteiger partial charge in [0.1, 0.15) is 5.75 Å². The first kappa shape index (κ1) is 15.8. The normalized spacial score (nSPS) is 15.1. The van der Waals surface area contributed by atoms with Crippen LogP contribution in [0, 0.1) is 0 Å². The SMILES string of the molecule is CCCCCC(C)(O)c1cccc(OC(F)(F)F)c1. The van der Waals surface area contributed by atoms with Crippen LogP contribution in [0.1, 0.15) is 45.1 Å². The summed E-state index contributed by atoms with van der Waals surface area (Å²) in [5.41, 5.74) is -0.703. The molecule has 1 N–H and O–H groups in total. The van der Waals surface area contributed by atoms with Gasteiger partial charge in [0.05, 0.1) is 5.60 Å². The van der Waals surface area contributed by atoms with Crippen molar-refractivity contribution in [2.45, 2.75) is 51.5 Å². The summed E-state index contributed by atoms with van der Waals surface area (Å²) in [6, 6.07) is 5.51. The lowest BCUT2D eigenvalue weighted by atomic mass is 9.90. The molecular weight excluding hydrogens is 257 g/mol. The summed E-state index contributed by atoms with van der Waals surface area (Å²) in [5, 5.41) is 10.3. The fourth-order valence-corrected chi connectivity index (χ4v) is 1.89. The van der Waals surface area contributed by atoms with Crippen LogP contribution in [0.5, 0.6) is 5.75 Å². The van der Waals surface area contributed by atoms with Crippen LogP contribution in [0.25, 0.3) is 0 Å². The third-order valence-electron chi connectivity index (χ3n) is 2.96. The van der Waals surface area contributed by atoms with E-state index in [4.69, 9.17) is 0 Å². The van der Waals surface area contributed by atoms with E-state index in [1.54, 1.807) is 13.0 Å². The summed E-state index contributed by atoms with van der Waals surface area (Å²) < 4.78 is 40.3. The van der Waals surface area contributed by atoms with Crippen LogP contribution >= 0.6 is 0 Å². The van der Waals surface area contributed by atoms with Gasteiger partial charge in [0.15, 0.2) is 0 Å². The predicted molar refractivity (Wildman–Crippen MR) is 66.8 cm³/mol. The average molecular weight is 276 g/mol. The lowest BCUT2D eigenvalue weighted by molar-refractivity contribution is -0.274. The number of hydrogen-bond donors (Lipinski definition) is 1. The first-order chi connectivity index (χ1) is 8.74. The monoisotopic (exact) mass is 276 g/mol. The van der Waals surface area contributed by atoms with Crippen LogP contribution in [0.4, 0.5) is 13.2 Å². The van der Waals surface area contributed by atoms with Crippen molar-refractivity contribution in [3.8, 4) is 5.75 Å². The second-order valence-electron chi connectivity index (χ2n) is 4.81. The number of aliphatic hydroxyl groups is 1. The quantitative estimate of drug-likeness (QED) is 0.782. The molecule has 19 heavy (non-hydrogen) atoms. The number of hydrogen-bond acceptors (Lipinski definition) is 2. The maximum absolute atomic E-state index is 12.1. The van der Waals surface area contributed by atoms with Crippen LogP contribution in [0.2, 0.25) is 0 Å². The summed E-state index contributed by atoms with van der Waals surface area (Å²) in [6.07, 6.45) is -1.38. The predicted octanol–water partition coefficient (Wildman–Crippen LogP) is 4.37. The van der Waals surface area contributed by atoms with Crippen molar-refractivity contribution in [2.24, 2.45) is 0 Å². The maximum Gasteiger partial charge on any atom is 0.573 e. The molecule has 1 aromatic rings. The molecule has 1 aromatic carbocycles. The number of benzene rings is 1. The molecule has 0 aliphatic carbocycles. The molecule has 0 fully saturated rings. The Hall–Kier alpha value is -1.23. The molecule has 1 atom stereocenters. The highest BCUT2D eigenvalue weighted by atomic mass is 19.4. The van der Waals surface area contributed by atoms with E-state index in [0.29, 0.717) is 12.0 Å². The molecule has 0 aliphatic rings. The zero-order chi connectivity index (χ0) is 14.5. The Labute approximate surface area is 111 Å². The minimum atomic E-state index is -4.72. The molecule has 0 saturated heterocycles. The first-order valence-electron chi connectivity index (χ1n) is 6.33. The molecule has 0 heterocycles. The standard InChI is InChI=1S/C14H19F3O2/c1-3-4-5-9-13(2,18)11-7-6-8-12(10-11)19-14(15,16)17/h6-8,10,18H,3-5,9H2,1-2H3. The Balaban J connectivity index is 2.79. The van der Waals surface area contributed by atoms with E-state index in [-0.39, 0.29) is 5.75 Å². The maximum atomic E-state index is 12.1. The smallest absolute Gasteiger partial charge is 0.406 e. The van der Waals surface area contributed by atoms with E-state index < -0.39 is 12.0 Å². The van der Waals surface area contributed by atoms with Gasteiger partial charge in [-0.3, -0.25) is 0 Å². The van der Waals surface area contributed by atoms with Gasteiger partial charge in [0, 0.05) is 0 Å². The Bertz CT molecular complexity index is 400. The average Bonchev–Trinajstić information content (AvgIpc) is 2.27. The molecule has 0 amide bonds. The highest BCUT2D eigenvalue weighted by Crippen LogP contribution is 2.31. The molecule has 0 saturated carbocycles. The van der Waals surface area contributed by atoms with Crippen molar-refractivity contribution < 1.29 is 23.0 Å². The third kappa shape index (κ3) is 5.51. The number of unbranched alkanes of at least 4 members (excludes halogenated alkanes) is 2. The molecular formula is C14H19F3O2. The number of halogens is 3. The molecule has 0 aromatic heterocycles. The van der Waals surface area contributed by atoms with E-state index in [1.807, 2.05) is 6.92 Å². The fourth-order valence-electron chi connectivity index (χ4n) is 1.89. The fraction of sp³-hybridized carbons (Fsp3) is 0.571. The molecule has 108 valence electrons. The van der Waals surface area contributed by atoms with Gasteiger partial charge in [0.25, 0.3) is 0 Å². The second kappa shape index (κ2) is 6.28. The topological polar surface area (TPSA) is 29.5 Å². The van der Waals surface area contributed by atoms with Gasteiger partial charge in [-0.15, -0.1) is 13.2 Å². The Morgan fingerprint density at radius 3 is 2.47 bits per heavy atom. The van der Waals surface area contributed by atoms with Gasteiger partial charge in [-0.25, -0.2) is 0 Å². The zero-order valence-electron chi connectivity index (χ0n) is 11.1. The lowest BCUT2D eigenvalue weighted by Gasteiger charge is -2.24. The third-order valence-corrected chi connectivity index (χ3v) is 2.96. The van der Waals surface area contributed by atoms with Gasteiger partial charge in [0.2, 0.25) is 0 Å². The van der Waals surface area contributed by atoms with E-state index in [1.165, 1.54) is 18.2 Å². The van der Waals surface area contributed by atoms with Gasteiger partial charge < -0.3 is 9.84 Å². The molecule has 0 aliphatic heterocycles. The van der Waals surface area contributed by atoms with Gasteiger partial charge in [-0.05, 0) is 31.0 Å². The van der Waals surface area contributed by atoms with Gasteiger partial charge in [-0.2, -0.15) is 0 Å². The molecule has 0 spiro atoms. The van der Waals surface area contributed by atoms with E-state index in [0.717, 1.165) is 19.3 Å². The Morgan fingerprint density at radius 2 is 1.89 bits per heavy atom.